The van der Waals surface area contributed by atoms with Gasteiger partial charge in [0.05, 0.1) is 12.7 Å². The molecule has 4 rings (SSSR count). The van der Waals surface area contributed by atoms with Gasteiger partial charge >= 0.3 is 5.97 Å². The van der Waals surface area contributed by atoms with E-state index in [-0.39, 0.29) is 5.91 Å². The number of thiophene rings is 1. The molecule has 0 saturated heterocycles. The molecule has 5 nitrogen and oxygen atoms in total. The van der Waals surface area contributed by atoms with Crippen molar-refractivity contribution in [2.45, 2.75) is 32.3 Å². The minimum absolute atomic E-state index is 0.279. The molecule has 164 valence electrons. The molecule has 6 heteroatoms. The molecule has 1 aliphatic rings. The van der Waals surface area contributed by atoms with Gasteiger partial charge in [0, 0.05) is 11.0 Å². The van der Waals surface area contributed by atoms with Gasteiger partial charge in [0.1, 0.15) is 17.4 Å². The Morgan fingerprint density at radius 3 is 2.53 bits per heavy atom. The van der Waals surface area contributed by atoms with Gasteiger partial charge in [-0.15, -0.1) is 11.3 Å². The van der Waals surface area contributed by atoms with Gasteiger partial charge in [-0.2, -0.15) is 0 Å². The van der Waals surface area contributed by atoms with Gasteiger partial charge in [-0.25, -0.2) is 4.79 Å². The van der Waals surface area contributed by atoms with Crippen LogP contribution < -0.4 is 10.1 Å². The van der Waals surface area contributed by atoms with Crippen molar-refractivity contribution in [1.82, 2.24) is 0 Å². The molecule has 1 amide bonds. The Morgan fingerprint density at radius 2 is 1.78 bits per heavy atom. The lowest BCUT2D eigenvalue weighted by Gasteiger charge is -2.11. The van der Waals surface area contributed by atoms with Crippen LogP contribution in [0.25, 0.3) is 6.08 Å². The van der Waals surface area contributed by atoms with E-state index in [1.807, 2.05) is 54.6 Å². The molecule has 0 atom stereocenters. The van der Waals surface area contributed by atoms with Gasteiger partial charge in [-0.1, -0.05) is 42.5 Å². The summed E-state index contributed by atoms with van der Waals surface area (Å²) in [5.74, 6) is 0.0928. The number of amides is 1. The highest BCUT2D eigenvalue weighted by Crippen LogP contribution is 2.38. The number of carbonyl (C=O) groups excluding carboxylic acids is 2. The fourth-order valence-electron chi connectivity index (χ4n) is 3.71. The van der Waals surface area contributed by atoms with E-state index < -0.39 is 5.97 Å². The predicted molar refractivity (Wildman–Crippen MR) is 127 cm³/mol. The zero-order valence-corrected chi connectivity index (χ0v) is 18.7. The quantitative estimate of drug-likeness (QED) is 0.376. The molecule has 3 aromatic rings. The van der Waals surface area contributed by atoms with E-state index in [9.17, 15) is 9.59 Å². The van der Waals surface area contributed by atoms with Crippen molar-refractivity contribution in [2.24, 2.45) is 0 Å². The normalized spacial score (nSPS) is 12.9. The lowest BCUT2D eigenvalue weighted by molar-refractivity contribution is -0.111. The van der Waals surface area contributed by atoms with Gasteiger partial charge in [0.15, 0.2) is 0 Å². The van der Waals surface area contributed by atoms with Crippen molar-refractivity contribution in [2.75, 3.05) is 12.4 Å². The fraction of sp³-hybridized carbons (Fsp3) is 0.231. The van der Waals surface area contributed by atoms with Crippen LogP contribution in [-0.2, 0) is 29.0 Å². The van der Waals surface area contributed by atoms with Crippen LogP contribution in [0.4, 0.5) is 5.00 Å². The average Bonchev–Trinajstić information content (AvgIpc) is 3.20. The molecule has 0 saturated carbocycles. The Kier molecular flexibility index (Phi) is 7.02. The van der Waals surface area contributed by atoms with Crippen molar-refractivity contribution >= 4 is 34.3 Å². The Morgan fingerprint density at radius 1 is 1.03 bits per heavy atom. The highest BCUT2D eigenvalue weighted by molar-refractivity contribution is 7.17. The standard InChI is InChI=1S/C26H25NO4S/c1-30-26(29)24-21-9-5-6-10-22(21)32-25(24)27-23(28)16-13-18-11-14-20(15-12-18)31-17-19-7-3-2-4-8-19/h2-4,7-8,11-16H,5-6,9-10,17H2,1H3,(H,27,28)/b16-13+. The van der Waals surface area contributed by atoms with E-state index in [2.05, 4.69) is 5.32 Å². The maximum absolute atomic E-state index is 12.5. The smallest absolute Gasteiger partial charge is 0.341 e. The monoisotopic (exact) mass is 447 g/mol. The number of rotatable bonds is 7. The Bertz CT molecular complexity index is 1120. The Balaban J connectivity index is 1.38. The summed E-state index contributed by atoms with van der Waals surface area (Å²) in [6.07, 6.45) is 7.15. The van der Waals surface area contributed by atoms with Crippen LogP contribution in [0.2, 0.25) is 0 Å². The van der Waals surface area contributed by atoms with Crippen molar-refractivity contribution in [3.8, 4) is 5.75 Å². The van der Waals surface area contributed by atoms with E-state index in [0.29, 0.717) is 17.2 Å². The van der Waals surface area contributed by atoms with Gasteiger partial charge in [-0.3, -0.25) is 4.79 Å². The van der Waals surface area contributed by atoms with Crippen LogP contribution in [0.5, 0.6) is 5.75 Å². The number of anilines is 1. The summed E-state index contributed by atoms with van der Waals surface area (Å²) >= 11 is 1.48. The van der Waals surface area contributed by atoms with E-state index in [0.717, 1.165) is 48.1 Å². The van der Waals surface area contributed by atoms with Crippen molar-refractivity contribution < 1.29 is 19.1 Å². The summed E-state index contributed by atoms with van der Waals surface area (Å²) in [6.45, 7) is 0.506. The van der Waals surface area contributed by atoms with E-state index >= 15 is 0 Å². The van der Waals surface area contributed by atoms with Gasteiger partial charge in [-0.05, 0) is 60.6 Å². The second-order valence-electron chi connectivity index (χ2n) is 7.57. The number of aryl methyl sites for hydroxylation is 1. The second kappa shape index (κ2) is 10.3. The van der Waals surface area contributed by atoms with Gasteiger partial charge in [0.25, 0.3) is 0 Å². The first-order valence-electron chi connectivity index (χ1n) is 10.6. The maximum Gasteiger partial charge on any atom is 0.341 e. The number of carbonyl (C=O) groups is 2. The summed E-state index contributed by atoms with van der Waals surface area (Å²) in [6, 6.07) is 17.5. The van der Waals surface area contributed by atoms with Crippen molar-refractivity contribution in [3.63, 3.8) is 0 Å². The zero-order valence-electron chi connectivity index (χ0n) is 17.9. The lowest BCUT2D eigenvalue weighted by Crippen LogP contribution is -2.13. The third-order valence-electron chi connectivity index (χ3n) is 5.35. The number of fused-ring (bicyclic) bond motifs is 1. The van der Waals surface area contributed by atoms with E-state index in [1.165, 1.54) is 29.4 Å². The number of hydrogen-bond donors (Lipinski definition) is 1. The first-order chi connectivity index (χ1) is 15.6. The summed E-state index contributed by atoms with van der Waals surface area (Å²) in [5.41, 5.74) is 3.52. The predicted octanol–water partition coefficient (Wildman–Crippen LogP) is 5.64. The second-order valence-corrected chi connectivity index (χ2v) is 8.68. The number of benzene rings is 2. The summed E-state index contributed by atoms with van der Waals surface area (Å²) in [5, 5.41) is 3.44. The third-order valence-corrected chi connectivity index (χ3v) is 6.56. The number of nitrogens with one attached hydrogen (secondary N) is 1. The Hall–Kier alpha value is -3.38. The lowest BCUT2D eigenvalue weighted by atomic mass is 9.95. The molecule has 1 aromatic heterocycles. The maximum atomic E-state index is 12.5. The highest BCUT2D eigenvalue weighted by atomic mass is 32.1. The molecule has 1 N–H and O–H groups in total. The molecule has 32 heavy (non-hydrogen) atoms. The molecular weight excluding hydrogens is 422 g/mol. The largest absolute Gasteiger partial charge is 0.489 e. The number of hydrogen-bond acceptors (Lipinski definition) is 5. The summed E-state index contributed by atoms with van der Waals surface area (Å²) in [7, 11) is 1.37. The summed E-state index contributed by atoms with van der Waals surface area (Å²) in [4.78, 5) is 26.0. The summed E-state index contributed by atoms with van der Waals surface area (Å²) < 4.78 is 10.7. The molecule has 1 aliphatic carbocycles. The van der Waals surface area contributed by atoms with E-state index in [1.54, 1.807) is 6.08 Å². The minimum Gasteiger partial charge on any atom is -0.489 e. The van der Waals surface area contributed by atoms with Crippen molar-refractivity contribution in [3.05, 3.63) is 87.8 Å². The molecule has 0 spiro atoms. The molecule has 0 radical (unpaired) electrons. The van der Waals surface area contributed by atoms with Crippen molar-refractivity contribution in [1.29, 1.82) is 0 Å². The molecule has 1 heterocycles. The zero-order chi connectivity index (χ0) is 22.3. The molecule has 0 unspecified atom stereocenters. The molecule has 0 fully saturated rings. The highest BCUT2D eigenvalue weighted by Gasteiger charge is 2.26. The molecule has 2 aromatic carbocycles. The van der Waals surface area contributed by atoms with Crippen LogP contribution in [-0.4, -0.2) is 19.0 Å². The minimum atomic E-state index is -0.394. The Labute approximate surface area is 191 Å². The van der Waals surface area contributed by atoms with Crippen LogP contribution in [0.1, 0.15) is 44.8 Å². The molecular formula is C26H25NO4S. The van der Waals surface area contributed by atoms with Crippen LogP contribution in [0, 0.1) is 0 Å². The topological polar surface area (TPSA) is 64.6 Å². The third kappa shape index (κ3) is 5.26. The van der Waals surface area contributed by atoms with Gasteiger partial charge in [0.2, 0.25) is 5.91 Å². The number of ether oxygens (including phenoxy) is 2. The van der Waals surface area contributed by atoms with Crippen LogP contribution in [0.3, 0.4) is 0 Å². The number of methoxy groups -OCH3 is 1. The van der Waals surface area contributed by atoms with Crippen LogP contribution in [0.15, 0.2) is 60.7 Å². The van der Waals surface area contributed by atoms with Crippen LogP contribution >= 0.6 is 11.3 Å². The van der Waals surface area contributed by atoms with E-state index in [4.69, 9.17) is 9.47 Å². The first-order valence-corrected chi connectivity index (χ1v) is 11.4. The first kappa shape index (κ1) is 21.8. The van der Waals surface area contributed by atoms with Gasteiger partial charge < -0.3 is 14.8 Å². The average molecular weight is 448 g/mol. The fourth-order valence-corrected chi connectivity index (χ4v) is 4.99. The SMILES string of the molecule is COC(=O)c1c(NC(=O)/C=C/c2ccc(OCc3ccccc3)cc2)sc2c1CCCC2. The number of esters is 1. The molecule has 0 aliphatic heterocycles. The molecule has 0 bridgehead atoms.